The lowest BCUT2D eigenvalue weighted by Gasteiger charge is -2.06. The van der Waals surface area contributed by atoms with Crippen molar-refractivity contribution in [3.05, 3.63) is 65.4 Å². The number of aryl methyl sites for hydroxylation is 1. The van der Waals surface area contributed by atoms with E-state index >= 15 is 0 Å². The van der Waals surface area contributed by atoms with Gasteiger partial charge in [-0.3, -0.25) is 4.79 Å². The average Bonchev–Trinajstić information content (AvgIpc) is 3.12. The van der Waals surface area contributed by atoms with Gasteiger partial charge in [0.1, 0.15) is 11.6 Å². The van der Waals surface area contributed by atoms with E-state index in [0.29, 0.717) is 28.6 Å². The Morgan fingerprint density at radius 3 is 2.65 bits per heavy atom. The van der Waals surface area contributed by atoms with Gasteiger partial charge in [-0.05, 0) is 38.1 Å². The van der Waals surface area contributed by atoms with Crippen LogP contribution in [0.4, 0.5) is 4.39 Å². The van der Waals surface area contributed by atoms with Gasteiger partial charge in [0.2, 0.25) is 5.89 Å². The second kappa shape index (κ2) is 6.04. The van der Waals surface area contributed by atoms with Gasteiger partial charge in [0.05, 0.1) is 35.9 Å². The van der Waals surface area contributed by atoms with Crippen molar-refractivity contribution >= 4 is 5.91 Å². The Labute approximate surface area is 132 Å². The van der Waals surface area contributed by atoms with Crippen molar-refractivity contribution in [3.8, 4) is 5.69 Å². The first-order valence-corrected chi connectivity index (χ1v) is 7.04. The van der Waals surface area contributed by atoms with E-state index < -0.39 is 0 Å². The van der Waals surface area contributed by atoms with E-state index in [-0.39, 0.29) is 18.3 Å². The molecule has 0 aliphatic heterocycles. The van der Waals surface area contributed by atoms with Crippen LogP contribution in [0.15, 0.2) is 41.1 Å². The fourth-order valence-electron chi connectivity index (χ4n) is 2.21. The minimum Gasteiger partial charge on any atom is -0.444 e. The first kappa shape index (κ1) is 15.0. The normalized spacial score (nSPS) is 10.7. The molecule has 2 aromatic heterocycles. The largest absolute Gasteiger partial charge is 0.444 e. The van der Waals surface area contributed by atoms with E-state index in [1.54, 1.807) is 36.9 Å². The van der Waals surface area contributed by atoms with Crippen LogP contribution in [0.1, 0.15) is 27.7 Å². The molecule has 0 radical (unpaired) electrons. The molecular formula is C16H15FN4O2. The first-order chi connectivity index (χ1) is 11.0. The maximum Gasteiger partial charge on any atom is 0.255 e. The fourth-order valence-corrected chi connectivity index (χ4v) is 2.21. The summed E-state index contributed by atoms with van der Waals surface area (Å²) in [6.07, 6.45) is 3.08. The van der Waals surface area contributed by atoms with Crippen molar-refractivity contribution < 1.29 is 13.6 Å². The number of benzene rings is 1. The van der Waals surface area contributed by atoms with Gasteiger partial charge >= 0.3 is 0 Å². The van der Waals surface area contributed by atoms with Crippen molar-refractivity contribution in [3.63, 3.8) is 0 Å². The Bertz CT molecular complexity index is 836. The van der Waals surface area contributed by atoms with Gasteiger partial charge in [-0.1, -0.05) is 0 Å². The number of nitrogens with zero attached hydrogens (tertiary/aromatic N) is 3. The number of carbonyl (C=O) groups is 1. The van der Waals surface area contributed by atoms with Crippen LogP contribution in [0.5, 0.6) is 0 Å². The summed E-state index contributed by atoms with van der Waals surface area (Å²) in [5.41, 5.74) is 1.79. The SMILES string of the molecule is Cc1cnc(CNC(=O)c2cnn(-c3ccc(F)cc3)c2C)o1. The number of aromatic nitrogens is 3. The quantitative estimate of drug-likeness (QED) is 0.803. The van der Waals surface area contributed by atoms with Crippen LogP contribution < -0.4 is 5.32 Å². The van der Waals surface area contributed by atoms with Crippen molar-refractivity contribution in [2.75, 3.05) is 0 Å². The van der Waals surface area contributed by atoms with Gasteiger partial charge in [-0.25, -0.2) is 14.1 Å². The van der Waals surface area contributed by atoms with E-state index in [4.69, 9.17) is 4.42 Å². The number of nitrogens with one attached hydrogen (secondary N) is 1. The van der Waals surface area contributed by atoms with Crippen LogP contribution in [0.25, 0.3) is 5.69 Å². The molecule has 0 spiro atoms. The number of hydrogen-bond donors (Lipinski definition) is 1. The van der Waals surface area contributed by atoms with Crippen LogP contribution in [0, 0.1) is 19.7 Å². The molecule has 0 fully saturated rings. The van der Waals surface area contributed by atoms with Gasteiger partial charge in [-0.2, -0.15) is 5.10 Å². The third-order valence-electron chi connectivity index (χ3n) is 3.39. The van der Waals surface area contributed by atoms with Gasteiger partial charge in [0.25, 0.3) is 5.91 Å². The summed E-state index contributed by atoms with van der Waals surface area (Å²) >= 11 is 0. The van der Waals surface area contributed by atoms with E-state index in [1.807, 2.05) is 0 Å². The molecule has 0 aliphatic carbocycles. The number of hydrogen-bond acceptors (Lipinski definition) is 4. The summed E-state index contributed by atoms with van der Waals surface area (Å²) in [5, 5.41) is 6.92. The van der Waals surface area contributed by atoms with Crippen molar-refractivity contribution in [2.45, 2.75) is 20.4 Å². The maximum atomic E-state index is 13.0. The molecule has 0 saturated heterocycles. The van der Waals surface area contributed by atoms with Gasteiger partial charge in [0.15, 0.2) is 0 Å². The monoisotopic (exact) mass is 314 g/mol. The molecule has 1 N–H and O–H groups in total. The minimum atomic E-state index is -0.322. The molecule has 23 heavy (non-hydrogen) atoms. The van der Waals surface area contributed by atoms with Crippen LogP contribution in [0.2, 0.25) is 0 Å². The van der Waals surface area contributed by atoms with Crippen molar-refractivity contribution in [1.82, 2.24) is 20.1 Å². The predicted molar refractivity (Wildman–Crippen MR) is 80.7 cm³/mol. The molecule has 7 heteroatoms. The predicted octanol–water partition coefficient (Wildman–Crippen LogP) is 2.55. The number of rotatable bonds is 4. The summed E-state index contributed by atoms with van der Waals surface area (Å²) in [7, 11) is 0. The third kappa shape index (κ3) is 3.13. The van der Waals surface area contributed by atoms with Crippen LogP contribution in [-0.2, 0) is 6.54 Å². The Kier molecular flexibility index (Phi) is 3.92. The third-order valence-corrected chi connectivity index (χ3v) is 3.39. The summed E-state index contributed by atoms with van der Waals surface area (Å²) < 4.78 is 19.9. The first-order valence-electron chi connectivity index (χ1n) is 7.04. The molecule has 1 aromatic carbocycles. The zero-order valence-electron chi connectivity index (χ0n) is 12.7. The summed E-state index contributed by atoms with van der Waals surface area (Å²) in [6, 6.07) is 5.90. The lowest BCUT2D eigenvalue weighted by molar-refractivity contribution is 0.0946. The Hall–Kier alpha value is -2.96. The highest BCUT2D eigenvalue weighted by atomic mass is 19.1. The number of oxazole rings is 1. The summed E-state index contributed by atoms with van der Waals surface area (Å²) in [6.45, 7) is 3.77. The Morgan fingerprint density at radius 2 is 2.00 bits per heavy atom. The molecule has 0 unspecified atom stereocenters. The Balaban J connectivity index is 1.75. The van der Waals surface area contributed by atoms with Gasteiger partial charge < -0.3 is 9.73 Å². The van der Waals surface area contributed by atoms with Crippen LogP contribution >= 0.6 is 0 Å². The zero-order chi connectivity index (χ0) is 16.4. The molecule has 1 amide bonds. The second-order valence-electron chi connectivity index (χ2n) is 5.08. The molecule has 3 aromatic rings. The molecule has 0 bridgehead atoms. The van der Waals surface area contributed by atoms with Crippen LogP contribution in [0.3, 0.4) is 0 Å². The zero-order valence-corrected chi connectivity index (χ0v) is 12.7. The standard InChI is InChI=1S/C16H15FN4O2/c1-10-7-18-15(23-10)9-19-16(22)14-8-20-21(11(14)2)13-5-3-12(17)4-6-13/h3-8H,9H2,1-2H3,(H,19,22). The molecule has 3 rings (SSSR count). The van der Waals surface area contributed by atoms with E-state index in [9.17, 15) is 9.18 Å². The molecule has 0 atom stereocenters. The fraction of sp³-hybridized carbons (Fsp3) is 0.188. The lowest BCUT2D eigenvalue weighted by Crippen LogP contribution is -2.23. The number of carbonyl (C=O) groups excluding carboxylic acids is 1. The van der Waals surface area contributed by atoms with Crippen molar-refractivity contribution in [1.29, 1.82) is 0 Å². The minimum absolute atomic E-state index is 0.202. The molecule has 118 valence electrons. The van der Waals surface area contributed by atoms with E-state index in [2.05, 4.69) is 15.4 Å². The molecule has 6 nitrogen and oxygen atoms in total. The summed E-state index contributed by atoms with van der Waals surface area (Å²) in [5.74, 6) is 0.540. The lowest BCUT2D eigenvalue weighted by atomic mass is 10.2. The topological polar surface area (TPSA) is 73.0 Å². The molecule has 0 saturated carbocycles. The number of halogens is 1. The Morgan fingerprint density at radius 1 is 1.26 bits per heavy atom. The highest BCUT2D eigenvalue weighted by Crippen LogP contribution is 2.15. The summed E-state index contributed by atoms with van der Waals surface area (Å²) in [4.78, 5) is 16.3. The van der Waals surface area contributed by atoms with E-state index in [0.717, 1.165) is 0 Å². The van der Waals surface area contributed by atoms with E-state index in [1.165, 1.54) is 18.3 Å². The van der Waals surface area contributed by atoms with Crippen LogP contribution in [-0.4, -0.2) is 20.7 Å². The van der Waals surface area contributed by atoms with Crippen molar-refractivity contribution in [2.24, 2.45) is 0 Å². The molecule has 2 heterocycles. The molecule has 0 aliphatic rings. The number of amides is 1. The smallest absolute Gasteiger partial charge is 0.255 e. The van der Waals surface area contributed by atoms with Gasteiger partial charge in [-0.15, -0.1) is 0 Å². The average molecular weight is 314 g/mol. The maximum absolute atomic E-state index is 13.0. The van der Waals surface area contributed by atoms with Gasteiger partial charge in [0, 0.05) is 0 Å². The second-order valence-corrected chi connectivity index (χ2v) is 5.08. The highest BCUT2D eigenvalue weighted by Gasteiger charge is 2.15. The molecular weight excluding hydrogens is 299 g/mol. The highest BCUT2D eigenvalue weighted by molar-refractivity contribution is 5.95.